The van der Waals surface area contributed by atoms with Crippen molar-refractivity contribution in [1.82, 2.24) is 19.1 Å². The number of nitrogens with zero attached hydrogens (tertiary/aromatic N) is 6. The van der Waals surface area contributed by atoms with E-state index in [-0.39, 0.29) is 6.71 Å². The first-order chi connectivity index (χ1) is 44.2. The molecular formula is C82H53BN6. The van der Waals surface area contributed by atoms with Gasteiger partial charge in [0.25, 0.3) is 6.71 Å². The summed E-state index contributed by atoms with van der Waals surface area (Å²) in [5, 5.41) is 4.86. The molecule has 7 heteroatoms. The van der Waals surface area contributed by atoms with Gasteiger partial charge in [0, 0.05) is 103 Å². The van der Waals surface area contributed by atoms with Crippen molar-refractivity contribution in [1.29, 1.82) is 0 Å². The molecule has 0 fully saturated rings. The van der Waals surface area contributed by atoms with Crippen molar-refractivity contribution in [3.63, 3.8) is 0 Å². The third-order valence-corrected chi connectivity index (χ3v) is 18.4. The highest BCUT2D eigenvalue weighted by Crippen LogP contribution is 2.54. The van der Waals surface area contributed by atoms with E-state index in [2.05, 4.69) is 341 Å². The zero-order chi connectivity index (χ0) is 58.5. The Morgan fingerprint density at radius 1 is 0.247 bits per heavy atom. The average molecular weight is 1130 g/mol. The van der Waals surface area contributed by atoms with Crippen molar-refractivity contribution in [2.24, 2.45) is 0 Å². The molecular weight excluding hydrogens is 1080 g/mol. The molecule has 18 rings (SSSR count). The number of hydrogen-bond acceptors (Lipinski definition) is 4. The Hall–Kier alpha value is -11.8. The molecule has 0 atom stereocenters. The van der Waals surface area contributed by atoms with Crippen LogP contribution in [0.1, 0.15) is 0 Å². The van der Waals surface area contributed by atoms with E-state index in [0.29, 0.717) is 0 Å². The summed E-state index contributed by atoms with van der Waals surface area (Å²) in [6.45, 7) is -0.244. The predicted molar refractivity (Wildman–Crippen MR) is 372 cm³/mol. The van der Waals surface area contributed by atoms with Crippen molar-refractivity contribution >= 4 is 101 Å². The Morgan fingerprint density at radius 2 is 0.539 bits per heavy atom. The molecule has 6 heterocycles. The molecule has 0 N–H and O–H groups in total. The van der Waals surface area contributed by atoms with Crippen LogP contribution in [0.25, 0.3) is 111 Å². The lowest BCUT2D eigenvalue weighted by Crippen LogP contribution is -2.61. The van der Waals surface area contributed by atoms with Crippen LogP contribution >= 0.6 is 0 Å². The zero-order valence-electron chi connectivity index (χ0n) is 48.4. The molecule has 16 aromatic rings. The summed E-state index contributed by atoms with van der Waals surface area (Å²) in [6.07, 6.45) is 8.28. The van der Waals surface area contributed by atoms with E-state index < -0.39 is 0 Å². The van der Waals surface area contributed by atoms with Crippen molar-refractivity contribution in [2.75, 3.05) is 9.80 Å². The molecule has 6 nitrogen and oxygen atoms in total. The fraction of sp³-hybridized carbons (Fsp3) is 0. The number of anilines is 6. The number of rotatable bonds is 9. The first kappa shape index (κ1) is 50.5. The second-order valence-electron chi connectivity index (χ2n) is 23.3. The number of aromatic nitrogens is 4. The minimum atomic E-state index is -0.244. The quantitative estimate of drug-likeness (QED) is 0.135. The normalized spacial score (nSPS) is 12.4. The van der Waals surface area contributed by atoms with Crippen molar-refractivity contribution < 1.29 is 0 Å². The fourth-order valence-electron chi connectivity index (χ4n) is 14.6. The van der Waals surface area contributed by atoms with Gasteiger partial charge in [-0.25, -0.2) is 0 Å². The Labute approximate surface area is 515 Å². The van der Waals surface area contributed by atoms with Gasteiger partial charge in [-0.1, -0.05) is 237 Å². The predicted octanol–water partition coefficient (Wildman–Crippen LogP) is 19.1. The SMILES string of the molecule is c1ccc(-c2cc3c4c(c2)N(c2c(-c5ccccc5)cncc2-c2ccccc2)c2cc(-n5c6ccccc6c6ccccc65)ccc2B4c2ccc(-n4c5ccccc5c5ccccc54)cc2N3c2c(-c3ccccc3)cncc2-c2ccccc2)cc1. The Balaban J connectivity index is 1.02. The minimum Gasteiger partial charge on any atom is -0.310 e. The molecule has 0 bridgehead atoms. The van der Waals surface area contributed by atoms with Crippen LogP contribution < -0.4 is 26.2 Å². The van der Waals surface area contributed by atoms with Gasteiger partial charge in [0.05, 0.1) is 33.4 Å². The highest BCUT2D eigenvalue weighted by atomic mass is 15.2. The molecule has 0 spiro atoms. The largest absolute Gasteiger partial charge is 0.310 e. The number of hydrogen-bond donors (Lipinski definition) is 0. The van der Waals surface area contributed by atoms with Crippen LogP contribution in [0.5, 0.6) is 0 Å². The molecule has 0 saturated carbocycles. The van der Waals surface area contributed by atoms with Gasteiger partial charge in [0.1, 0.15) is 0 Å². The second-order valence-corrected chi connectivity index (χ2v) is 23.3. The molecule has 0 amide bonds. The van der Waals surface area contributed by atoms with Crippen LogP contribution in [0.4, 0.5) is 34.1 Å². The number of pyridine rings is 2. The molecule has 2 aliphatic rings. The van der Waals surface area contributed by atoms with Gasteiger partial charge in [-0.05, 0) is 110 Å². The smallest absolute Gasteiger partial charge is 0.252 e. The van der Waals surface area contributed by atoms with Crippen LogP contribution in [-0.2, 0) is 0 Å². The van der Waals surface area contributed by atoms with Gasteiger partial charge in [-0.3, -0.25) is 9.97 Å². The van der Waals surface area contributed by atoms with Crippen LogP contribution in [0.2, 0.25) is 0 Å². The summed E-state index contributed by atoms with van der Waals surface area (Å²) >= 11 is 0. The highest BCUT2D eigenvalue weighted by molar-refractivity contribution is 7.00. The third kappa shape index (κ3) is 7.92. The molecule has 0 saturated heterocycles. The van der Waals surface area contributed by atoms with Gasteiger partial charge < -0.3 is 18.9 Å². The first-order valence-electron chi connectivity index (χ1n) is 30.5. The average Bonchev–Trinajstić information content (AvgIpc) is 1.52. The third-order valence-electron chi connectivity index (χ3n) is 18.4. The first-order valence-corrected chi connectivity index (χ1v) is 30.5. The molecule has 4 aromatic heterocycles. The van der Waals surface area contributed by atoms with E-state index in [1.54, 1.807) is 0 Å². The molecule has 2 aliphatic heterocycles. The molecule has 414 valence electrons. The Kier molecular flexibility index (Phi) is 11.6. The van der Waals surface area contributed by atoms with Gasteiger partial charge in [-0.15, -0.1) is 0 Å². The van der Waals surface area contributed by atoms with E-state index in [4.69, 9.17) is 9.97 Å². The Bertz CT molecular complexity index is 4910. The van der Waals surface area contributed by atoms with E-state index in [9.17, 15) is 0 Å². The Morgan fingerprint density at radius 3 is 0.865 bits per heavy atom. The maximum absolute atomic E-state index is 5.14. The molecule has 0 unspecified atom stereocenters. The fourth-order valence-corrected chi connectivity index (χ4v) is 14.6. The van der Waals surface area contributed by atoms with E-state index in [1.165, 1.54) is 37.9 Å². The zero-order valence-corrected chi connectivity index (χ0v) is 48.4. The molecule has 12 aromatic carbocycles. The minimum absolute atomic E-state index is 0.244. The lowest BCUT2D eigenvalue weighted by molar-refractivity contribution is 1.16. The van der Waals surface area contributed by atoms with E-state index in [0.717, 1.165) is 123 Å². The highest BCUT2D eigenvalue weighted by Gasteiger charge is 2.46. The summed E-state index contributed by atoms with van der Waals surface area (Å²) in [6, 6.07) is 109. The molecule has 0 radical (unpaired) electrons. The standard InChI is InChI=1S/C82H53BN6/c1-6-24-54(25-7-1)59-46-78-80-79(47-59)89(82-68(57-30-12-4-13-31-57)52-85-53-69(82)58-32-14-5-15-33-58)77-49-61(87-74-40-22-18-36-64(74)65-37-19-23-41-75(65)87)43-45-71(77)83(80)70-44-42-60(86-72-38-20-16-34-62(72)63-35-17-21-39-73(63)86)48-76(70)88(78)81-66(55-26-8-2-9-27-55)50-84-51-67(81)56-28-10-3-11-29-56/h1-53H. The van der Waals surface area contributed by atoms with Gasteiger partial charge in [0.2, 0.25) is 0 Å². The van der Waals surface area contributed by atoms with Crippen molar-refractivity contribution in [3.8, 4) is 67.0 Å². The summed E-state index contributed by atoms with van der Waals surface area (Å²) < 4.78 is 4.92. The van der Waals surface area contributed by atoms with Gasteiger partial charge in [-0.2, -0.15) is 0 Å². The van der Waals surface area contributed by atoms with E-state index >= 15 is 0 Å². The molecule has 0 aliphatic carbocycles. The van der Waals surface area contributed by atoms with Crippen LogP contribution in [0, 0.1) is 0 Å². The lowest BCUT2D eigenvalue weighted by Gasteiger charge is -2.46. The second kappa shape index (κ2) is 20.4. The van der Waals surface area contributed by atoms with Gasteiger partial charge in [0.15, 0.2) is 0 Å². The summed E-state index contributed by atoms with van der Waals surface area (Å²) in [5.41, 5.74) is 27.3. The van der Waals surface area contributed by atoms with Crippen molar-refractivity contribution in [3.05, 3.63) is 322 Å². The molecule has 89 heavy (non-hydrogen) atoms. The monoisotopic (exact) mass is 1130 g/mol. The topological polar surface area (TPSA) is 42.1 Å². The van der Waals surface area contributed by atoms with Crippen LogP contribution in [0.3, 0.4) is 0 Å². The van der Waals surface area contributed by atoms with E-state index in [1.807, 2.05) is 0 Å². The van der Waals surface area contributed by atoms with Crippen molar-refractivity contribution in [2.45, 2.75) is 0 Å². The summed E-state index contributed by atoms with van der Waals surface area (Å²) in [4.78, 5) is 15.5. The number of benzene rings is 12. The lowest BCUT2D eigenvalue weighted by atomic mass is 9.33. The number of fused-ring (bicyclic) bond motifs is 10. The van der Waals surface area contributed by atoms with Gasteiger partial charge >= 0.3 is 0 Å². The summed E-state index contributed by atoms with van der Waals surface area (Å²) in [5.74, 6) is 0. The maximum Gasteiger partial charge on any atom is 0.252 e. The number of para-hydroxylation sites is 4. The summed E-state index contributed by atoms with van der Waals surface area (Å²) in [7, 11) is 0. The van der Waals surface area contributed by atoms with Crippen LogP contribution in [-0.4, -0.2) is 25.8 Å². The van der Waals surface area contributed by atoms with Crippen LogP contribution in [0.15, 0.2) is 322 Å². The maximum atomic E-state index is 5.14.